The van der Waals surface area contributed by atoms with E-state index >= 15 is 0 Å². The zero-order valence-electron chi connectivity index (χ0n) is 7.25. The average molecular weight is 307 g/mol. The minimum absolute atomic E-state index is 0.458. The highest BCUT2D eigenvalue weighted by Crippen LogP contribution is 2.30. The van der Waals surface area contributed by atoms with E-state index in [1.807, 2.05) is 0 Å². The van der Waals surface area contributed by atoms with E-state index in [1.54, 1.807) is 0 Å². The van der Waals surface area contributed by atoms with Gasteiger partial charge in [0.2, 0.25) is 0 Å². The molecule has 10 heteroatoms. The van der Waals surface area contributed by atoms with E-state index in [0.717, 1.165) is 6.07 Å². The van der Waals surface area contributed by atoms with Crippen molar-refractivity contribution in [1.29, 1.82) is 0 Å². The van der Waals surface area contributed by atoms with Gasteiger partial charge in [-0.3, -0.25) is 9.11 Å². The van der Waals surface area contributed by atoms with Crippen molar-refractivity contribution in [3.05, 3.63) is 22.2 Å². The van der Waals surface area contributed by atoms with Gasteiger partial charge in [-0.05, 0) is 12.1 Å². The Labute approximate surface area is 101 Å². The van der Waals surface area contributed by atoms with E-state index < -0.39 is 40.1 Å². The number of rotatable bonds is 2. The summed E-state index contributed by atoms with van der Waals surface area (Å²) in [6.07, 6.45) is 0. The summed E-state index contributed by atoms with van der Waals surface area (Å²) in [6.45, 7) is 0. The molecule has 1 rings (SSSR count). The molecular weight excluding hydrogens is 303 g/mol. The van der Waals surface area contributed by atoms with Crippen LogP contribution in [-0.2, 0) is 20.2 Å². The molecule has 0 heterocycles. The van der Waals surface area contributed by atoms with Crippen molar-refractivity contribution in [1.82, 2.24) is 0 Å². The van der Waals surface area contributed by atoms with Gasteiger partial charge in [0.1, 0.15) is 9.79 Å². The summed E-state index contributed by atoms with van der Waals surface area (Å²) >= 11 is 10.9. The lowest BCUT2D eigenvalue weighted by Gasteiger charge is -2.05. The summed E-state index contributed by atoms with van der Waals surface area (Å²) in [6, 6.07) is 1.25. The molecule has 0 fully saturated rings. The molecule has 16 heavy (non-hydrogen) atoms. The molecular formula is C6H4Cl2O6S2. The number of halogens is 2. The Kier molecular flexibility index (Phi) is 3.53. The molecule has 0 aliphatic carbocycles. The van der Waals surface area contributed by atoms with E-state index in [0.29, 0.717) is 6.07 Å². The summed E-state index contributed by atoms with van der Waals surface area (Å²) in [5.74, 6) is 0. The van der Waals surface area contributed by atoms with Crippen LogP contribution in [0.5, 0.6) is 0 Å². The standard InChI is InChI=1S/C6H4Cl2O6S2/c7-3-1-4(8)6(16(12,13)14)2-5(3)15(9,10)11/h1-2H,(H,9,10,11)(H,12,13,14). The normalized spacial score (nSPS) is 12.8. The lowest BCUT2D eigenvalue weighted by Crippen LogP contribution is -2.04. The van der Waals surface area contributed by atoms with Crippen LogP contribution >= 0.6 is 23.2 Å². The van der Waals surface area contributed by atoms with E-state index in [4.69, 9.17) is 32.3 Å². The Morgan fingerprint density at radius 2 is 1.12 bits per heavy atom. The average Bonchev–Trinajstić information content (AvgIpc) is 1.97. The molecule has 0 aromatic heterocycles. The van der Waals surface area contributed by atoms with E-state index in [-0.39, 0.29) is 0 Å². The van der Waals surface area contributed by atoms with Crippen molar-refractivity contribution >= 4 is 43.4 Å². The minimum atomic E-state index is -4.70. The Balaban J connectivity index is 3.72. The van der Waals surface area contributed by atoms with Crippen molar-refractivity contribution in [3.8, 4) is 0 Å². The van der Waals surface area contributed by atoms with Crippen LogP contribution in [0.3, 0.4) is 0 Å². The highest BCUT2D eigenvalue weighted by molar-refractivity contribution is 7.86. The highest BCUT2D eigenvalue weighted by atomic mass is 35.5. The minimum Gasteiger partial charge on any atom is -0.282 e. The van der Waals surface area contributed by atoms with E-state index in [2.05, 4.69) is 0 Å². The maximum atomic E-state index is 10.8. The smallest absolute Gasteiger partial charge is 0.282 e. The van der Waals surface area contributed by atoms with E-state index in [9.17, 15) is 16.8 Å². The first-order valence-corrected chi connectivity index (χ1v) is 7.11. The van der Waals surface area contributed by atoms with Crippen molar-refractivity contribution in [2.45, 2.75) is 9.79 Å². The first-order chi connectivity index (χ1) is 7.03. The number of hydrogen-bond donors (Lipinski definition) is 2. The molecule has 0 aliphatic rings. The lowest BCUT2D eigenvalue weighted by atomic mass is 10.4. The summed E-state index contributed by atoms with van der Waals surface area (Å²) in [4.78, 5) is -1.71. The predicted molar refractivity (Wildman–Crippen MR) is 56.1 cm³/mol. The molecule has 0 saturated carbocycles. The molecule has 1 aromatic rings. The third-order valence-electron chi connectivity index (χ3n) is 1.54. The topological polar surface area (TPSA) is 109 Å². The van der Waals surface area contributed by atoms with Crippen LogP contribution in [0.2, 0.25) is 10.0 Å². The molecule has 0 bridgehead atoms. The van der Waals surface area contributed by atoms with Crippen LogP contribution in [0.25, 0.3) is 0 Å². The second-order valence-corrected chi connectivity index (χ2v) is 6.26. The molecule has 6 nitrogen and oxygen atoms in total. The first kappa shape index (κ1) is 13.7. The maximum Gasteiger partial charge on any atom is 0.296 e. The largest absolute Gasteiger partial charge is 0.296 e. The molecule has 0 aliphatic heterocycles. The molecule has 1 aromatic carbocycles. The van der Waals surface area contributed by atoms with Gasteiger partial charge in [0.15, 0.2) is 0 Å². The van der Waals surface area contributed by atoms with Crippen LogP contribution in [0, 0.1) is 0 Å². The Hall–Kier alpha value is -0.380. The zero-order valence-corrected chi connectivity index (χ0v) is 10.4. The predicted octanol–water partition coefficient (Wildman–Crippen LogP) is 1.49. The molecule has 0 amide bonds. The summed E-state index contributed by atoms with van der Waals surface area (Å²) in [5.41, 5.74) is 0. The summed E-state index contributed by atoms with van der Waals surface area (Å²) < 4.78 is 60.6. The van der Waals surface area contributed by atoms with Gasteiger partial charge in [0.05, 0.1) is 10.0 Å². The quantitative estimate of drug-likeness (QED) is 0.801. The number of hydrogen-bond acceptors (Lipinski definition) is 4. The van der Waals surface area contributed by atoms with Crippen molar-refractivity contribution in [3.63, 3.8) is 0 Å². The van der Waals surface area contributed by atoms with Gasteiger partial charge >= 0.3 is 0 Å². The fourth-order valence-corrected chi connectivity index (χ4v) is 3.09. The number of benzene rings is 1. The monoisotopic (exact) mass is 306 g/mol. The summed E-state index contributed by atoms with van der Waals surface area (Å²) in [7, 11) is -9.40. The van der Waals surface area contributed by atoms with Crippen molar-refractivity contribution in [2.24, 2.45) is 0 Å². The molecule has 2 N–H and O–H groups in total. The van der Waals surface area contributed by atoms with Crippen LogP contribution < -0.4 is 0 Å². The Bertz CT molecular complexity index is 580. The molecule has 0 unspecified atom stereocenters. The van der Waals surface area contributed by atoms with Gasteiger partial charge in [-0.15, -0.1) is 0 Å². The molecule has 90 valence electrons. The van der Waals surface area contributed by atoms with Crippen LogP contribution in [0.1, 0.15) is 0 Å². The third kappa shape index (κ3) is 2.84. The van der Waals surface area contributed by atoms with Crippen molar-refractivity contribution in [2.75, 3.05) is 0 Å². The van der Waals surface area contributed by atoms with E-state index in [1.165, 1.54) is 0 Å². The van der Waals surface area contributed by atoms with Gasteiger partial charge in [0.25, 0.3) is 20.2 Å². The van der Waals surface area contributed by atoms with Gasteiger partial charge in [-0.2, -0.15) is 16.8 Å². The SMILES string of the molecule is O=S(=O)(O)c1cc(S(=O)(=O)O)c(Cl)cc1Cl. The van der Waals surface area contributed by atoms with Crippen LogP contribution in [0.15, 0.2) is 21.9 Å². The molecule has 0 atom stereocenters. The summed E-state index contributed by atoms with van der Waals surface area (Å²) in [5, 5.41) is -0.917. The van der Waals surface area contributed by atoms with Gasteiger partial charge in [-0.25, -0.2) is 0 Å². The fourth-order valence-electron chi connectivity index (χ4n) is 0.906. The Morgan fingerprint density at radius 3 is 1.38 bits per heavy atom. The van der Waals surface area contributed by atoms with Crippen molar-refractivity contribution < 1.29 is 25.9 Å². The third-order valence-corrected chi connectivity index (χ3v) is 4.18. The molecule has 0 saturated heterocycles. The second kappa shape index (κ2) is 4.13. The van der Waals surface area contributed by atoms with Crippen LogP contribution in [0.4, 0.5) is 0 Å². The van der Waals surface area contributed by atoms with Crippen LogP contribution in [-0.4, -0.2) is 25.9 Å². The van der Waals surface area contributed by atoms with Gasteiger partial charge in [-0.1, -0.05) is 23.2 Å². The fraction of sp³-hybridized carbons (Fsp3) is 0. The zero-order chi connectivity index (χ0) is 12.7. The highest BCUT2D eigenvalue weighted by Gasteiger charge is 2.22. The molecule has 0 radical (unpaired) electrons. The lowest BCUT2D eigenvalue weighted by molar-refractivity contribution is 0.481. The molecule has 0 spiro atoms. The second-order valence-electron chi connectivity index (χ2n) is 2.66. The Morgan fingerprint density at radius 1 is 0.812 bits per heavy atom. The van der Waals surface area contributed by atoms with Gasteiger partial charge in [0, 0.05) is 0 Å². The van der Waals surface area contributed by atoms with Gasteiger partial charge < -0.3 is 0 Å². The maximum absolute atomic E-state index is 10.8. The first-order valence-electron chi connectivity index (χ1n) is 3.47.